The quantitative estimate of drug-likeness (QED) is 0.479. The van der Waals surface area contributed by atoms with Crippen molar-refractivity contribution in [2.45, 2.75) is 38.5 Å². The Morgan fingerprint density at radius 2 is 1.28 bits per heavy atom. The van der Waals surface area contributed by atoms with Crippen LogP contribution in [0.1, 0.15) is 48.9 Å². The van der Waals surface area contributed by atoms with Crippen LogP contribution in [-0.2, 0) is 4.79 Å². The lowest BCUT2D eigenvalue weighted by Crippen LogP contribution is -2.20. The van der Waals surface area contributed by atoms with Gasteiger partial charge < -0.3 is 4.90 Å². The van der Waals surface area contributed by atoms with E-state index in [0.29, 0.717) is 12.8 Å². The van der Waals surface area contributed by atoms with Crippen LogP contribution in [0.2, 0.25) is 0 Å². The van der Waals surface area contributed by atoms with Crippen molar-refractivity contribution in [3.8, 4) is 11.1 Å². The van der Waals surface area contributed by atoms with E-state index in [1.165, 1.54) is 0 Å². The largest absolute Gasteiger partial charge is 0.349 e. The summed E-state index contributed by atoms with van der Waals surface area (Å²) in [6, 6.07) is 18.0. The summed E-state index contributed by atoms with van der Waals surface area (Å²) < 4.78 is 0. The number of amides is 1. The third-order valence-corrected chi connectivity index (χ3v) is 4.36. The van der Waals surface area contributed by atoms with Crippen LogP contribution in [0.15, 0.2) is 54.6 Å². The van der Waals surface area contributed by atoms with Gasteiger partial charge in [0.2, 0.25) is 5.91 Å². The highest BCUT2D eigenvalue weighted by Gasteiger charge is 2.07. The molecule has 1 amide bonds. The summed E-state index contributed by atoms with van der Waals surface area (Å²) in [5.74, 6) is 0.374. The third kappa shape index (κ3) is 6.18. The van der Waals surface area contributed by atoms with Crippen molar-refractivity contribution in [3.05, 3.63) is 60.2 Å². The Morgan fingerprint density at radius 1 is 0.720 bits per heavy atom. The fourth-order valence-electron chi connectivity index (χ4n) is 2.76. The molecule has 0 spiro atoms. The Morgan fingerprint density at radius 3 is 1.88 bits per heavy atom. The van der Waals surface area contributed by atoms with Crippen molar-refractivity contribution in [1.82, 2.24) is 4.90 Å². The zero-order chi connectivity index (χ0) is 18.1. The summed E-state index contributed by atoms with van der Waals surface area (Å²) in [4.78, 5) is 25.4. The number of ketones is 1. The fraction of sp³-hybridized carbons (Fsp3) is 0.364. The van der Waals surface area contributed by atoms with E-state index in [1.54, 1.807) is 19.0 Å². The summed E-state index contributed by atoms with van der Waals surface area (Å²) in [7, 11) is 3.56. The topological polar surface area (TPSA) is 37.4 Å². The van der Waals surface area contributed by atoms with E-state index in [9.17, 15) is 9.59 Å². The van der Waals surface area contributed by atoms with Gasteiger partial charge in [-0.1, -0.05) is 67.4 Å². The fourth-order valence-corrected chi connectivity index (χ4v) is 2.76. The van der Waals surface area contributed by atoms with Gasteiger partial charge in [-0.3, -0.25) is 9.59 Å². The molecule has 132 valence electrons. The molecule has 0 atom stereocenters. The van der Waals surface area contributed by atoms with E-state index >= 15 is 0 Å². The van der Waals surface area contributed by atoms with Gasteiger partial charge in [0.1, 0.15) is 0 Å². The number of unbranched alkanes of at least 4 members (excludes halogenated alkanes) is 3. The molecule has 0 aliphatic carbocycles. The third-order valence-electron chi connectivity index (χ3n) is 4.36. The first-order valence-corrected chi connectivity index (χ1v) is 8.97. The molecule has 3 heteroatoms. The molecule has 0 heterocycles. The van der Waals surface area contributed by atoms with Gasteiger partial charge in [-0.25, -0.2) is 0 Å². The minimum absolute atomic E-state index is 0.176. The Hall–Kier alpha value is -2.42. The molecule has 0 aromatic heterocycles. The highest BCUT2D eigenvalue weighted by molar-refractivity contribution is 5.96. The monoisotopic (exact) mass is 337 g/mol. The first kappa shape index (κ1) is 18.9. The predicted molar refractivity (Wildman–Crippen MR) is 103 cm³/mol. The average molecular weight is 337 g/mol. The van der Waals surface area contributed by atoms with E-state index in [2.05, 4.69) is 12.1 Å². The van der Waals surface area contributed by atoms with Crippen molar-refractivity contribution in [2.75, 3.05) is 14.1 Å². The molecule has 25 heavy (non-hydrogen) atoms. The zero-order valence-electron chi connectivity index (χ0n) is 15.2. The van der Waals surface area contributed by atoms with Crippen molar-refractivity contribution in [2.24, 2.45) is 0 Å². The minimum Gasteiger partial charge on any atom is -0.349 e. The Kier molecular flexibility index (Phi) is 7.39. The molecule has 2 aromatic rings. The van der Waals surface area contributed by atoms with Crippen LogP contribution in [-0.4, -0.2) is 30.7 Å². The van der Waals surface area contributed by atoms with Crippen LogP contribution >= 0.6 is 0 Å². The van der Waals surface area contributed by atoms with Crippen LogP contribution in [0.25, 0.3) is 11.1 Å². The van der Waals surface area contributed by atoms with Gasteiger partial charge in [-0.05, 0) is 24.0 Å². The SMILES string of the molecule is CN(C)C(=O)CCCCCCC(=O)c1ccc(-c2ccccc2)cc1. The van der Waals surface area contributed by atoms with E-state index in [4.69, 9.17) is 0 Å². The van der Waals surface area contributed by atoms with Crippen LogP contribution in [0.4, 0.5) is 0 Å². The van der Waals surface area contributed by atoms with Gasteiger partial charge in [0.25, 0.3) is 0 Å². The van der Waals surface area contributed by atoms with E-state index in [0.717, 1.165) is 42.4 Å². The highest BCUT2D eigenvalue weighted by atomic mass is 16.2. The molecule has 0 saturated heterocycles. The molecule has 0 bridgehead atoms. The number of hydrogen-bond donors (Lipinski definition) is 0. The molecule has 0 fully saturated rings. The van der Waals surface area contributed by atoms with E-state index in [-0.39, 0.29) is 11.7 Å². The van der Waals surface area contributed by atoms with E-state index < -0.39 is 0 Å². The maximum Gasteiger partial charge on any atom is 0.222 e. The smallest absolute Gasteiger partial charge is 0.222 e. The molecule has 0 aliphatic rings. The predicted octanol–water partition coefficient (Wildman–Crippen LogP) is 4.97. The first-order valence-electron chi connectivity index (χ1n) is 8.97. The second-order valence-electron chi connectivity index (χ2n) is 6.57. The number of carbonyl (C=O) groups is 2. The van der Waals surface area contributed by atoms with Gasteiger partial charge in [0, 0.05) is 32.5 Å². The number of hydrogen-bond acceptors (Lipinski definition) is 2. The second-order valence-corrected chi connectivity index (χ2v) is 6.57. The zero-order valence-corrected chi connectivity index (χ0v) is 15.2. The molecule has 0 N–H and O–H groups in total. The number of nitrogens with zero attached hydrogens (tertiary/aromatic N) is 1. The summed E-state index contributed by atoms with van der Waals surface area (Å²) in [5, 5.41) is 0. The lowest BCUT2D eigenvalue weighted by atomic mass is 10.00. The lowest BCUT2D eigenvalue weighted by Gasteiger charge is -2.09. The number of carbonyl (C=O) groups excluding carboxylic acids is 2. The number of rotatable bonds is 9. The van der Waals surface area contributed by atoms with Crippen LogP contribution in [0, 0.1) is 0 Å². The molecule has 2 rings (SSSR count). The standard InChI is InChI=1S/C22H27NO2/c1-23(2)22(25)13-9-4-3-8-12-21(24)20-16-14-19(15-17-20)18-10-6-5-7-11-18/h5-7,10-11,14-17H,3-4,8-9,12-13H2,1-2H3. The van der Waals surface area contributed by atoms with Crippen molar-refractivity contribution in [1.29, 1.82) is 0 Å². The van der Waals surface area contributed by atoms with Gasteiger partial charge in [-0.2, -0.15) is 0 Å². The van der Waals surface area contributed by atoms with Crippen molar-refractivity contribution < 1.29 is 9.59 Å². The molecular weight excluding hydrogens is 310 g/mol. The number of Topliss-reactive ketones (excluding diaryl/α,β-unsaturated/α-hetero) is 1. The maximum absolute atomic E-state index is 12.3. The molecule has 2 aromatic carbocycles. The van der Waals surface area contributed by atoms with Gasteiger partial charge in [0.15, 0.2) is 5.78 Å². The van der Waals surface area contributed by atoms with Crippen molar-refractivity contribution >= 4 is 11.7 Å². The lowest BCUT2D eigenvalue weighted by molar-refractivity contribution is -0.128. The highest BCUT2D eigenvalue weighted by Crippen LogP contribution is 2.20. The Labute approximate surface area is 150 Å². The van der Waals surface area contributed by atoms with Gasteiger partial charge in [-0.15, -0.1) is 0 Å². The minimum atomic E-state index is 0.176. The van der Waals surface area contributed by atoms with Crippen molar-refractivity contribution in [3.63, 3.8) is 0 Å². The van der Waals surface area contributed by atoms with Crippen LogP contribution < -0.4 is 0 Å². The Balaban J connectivity index is 1.72. The molecule has 0 saturated carbocycles. The molecular formula is C22H27NO2. The maximum atomic E-state index is 12.3. The molecule has 3 nitrogen and oxygen atoms in total. The normalized spacial score (nSPS) is 10.5. The van der Waals surface area contributed by atoms with Crippen LogP contribution in [0.3, 0.4) is 0 Å². The molecule has 0 aliphatic heterocycles. The summed E-state index contributed by atoms with van der Waals surface area (Å²) in [6.45, 7) is 0. The average Bonchev–Trinajstić information content (AvgIpc) is 2.65. The molecule has 0 radical (unpaired) electrons. The second kappa shape index (κ2) is 9.77. The summed E-state index contributed by atoms with van der Waals surface area (Å²) >= 11 is 0. The first-order chi connectivity index (χ1) is 12.1. The molecule has 0 unspecified atom stereocenters. The Bertz CT molecular complexity index is 675. The van der Waals surface area contributed by atoms with Gasteiger partial charge >= 0.3 is 0 Å². The summed E-state index contributed by atoms with van der Waals surface area (Å²) in [5.41, 5.74) is 3.07. The summed E-state index contributed by atoms with van der Waals surface area (Å²) in [6.07, 6.45) is 4.95. The van der Waals surface area contributed by atoms with E-state index in [1.807, 2.05) is 42.5 Å². The number of benzene rings is 2. The van der Waals surface area contributed by atoms with Crippen LogP contribution in [0.5, 0.6) is 0 Å². The van der Waals surface area contributed by atoms with Gasteiger partial charge in [0.05, 0.1) is 0 Å².